The van der Waals surface area contributed by atoms with Gasteiger partial charge in [0.25, 0.3) is 0 Å². The van der Waals surface area contributed by atoms with Crippen LogP contribution in [0.4, 0.5) is 0 Å². The lowest BCUT2D eigenvalue weighted by Crippen LogP contribution is -2.29. The van der Waals surface area contributed by atoms with Crippen LogP contribution in [0.1, 0.15) is 26.2 Å². The van der Waals surface area contributed by atoms with Crippen LogP contribution in [-0.4, -0.2) is 24.8 Å². The van der Waals surface area contributed by atoms with E-state index in [1.165, 1.54) is 0 Å². The van der Waals surface area contributed by atoms with Gasteiger partial charge in [-0.15, -0.1) is 11.6 Å². The number of rotatable bonds is 6. The number of aliphatic hydroxyl groups is 1. The Hall–Kier alpha value is 0.467. The van der Waals surface area contributed by atoms with Crippen LogP contribution >= 0.6 is 11.6 Å². The maximum absolute atomic E-state index is 9.49. The van der Waals surface area contributed by atoms with Crippen LogP contribution in [0.3, 0.4) is 0 Å². The molecule has 0 aromatic carbocycles. The predicted octanol–water partition coefficient (Wildman–Crippen LogP) is 3.02. The van der Waals surface area contributed by atoms with Crippen molar-refractivity contribution in [3.63, 3.8) is 0 Å². The molecule has 1 N–H and O–H groups in total. The molecule has 0 rings (SSSR count). The van der Waals surface area contributed by atoms with Crippen LogP contribution in [0, 0.1) is 0 Å². The minimum atomic E-state index is -1.16. The second-order valence-electron chi connectivity index (χ2n) is 4.28. The summed E-state index contributed by atoms with van der Waals surface area (Å²) in [4.78, 5) is 0. The summed E-state index contributed by atoms with van der Waals surface area (Å²) in [6.45, 7) is 6.66. The molecule has 0 aliphatic rings. The zero-order valence-electron chi connectivity index (χ0n) is 8.44. The van der Waals surface area contributed by atoms with Gasteiger partial charge < -0.3 is 5.11 Å². The van der Waals surface area contributed by atoms with Gasteiger partial charge >= 0.3 is 0 Å². The standard InChI is InChI=1S/C9H21ClOSi/c1-4-5-9(11)6-7-12(2,3)8-10/h9,11H,4-8H2,1-3H3/t9-/m1/s1. The van der Waals surface area contributed by atoms with Gasteiger partial charge in [-0.3, -0.25) is 0 Å². The van der Waals surface area contributed by atoms with Gasteiger partial charge in [-0.2, -0.15) is 0 Å². The van der Waals surface area contributed by atoms with Gasteiger partial charge in [0.2, 0.25) is 0 Å². The predicted molar refractivity (Wildman–Crippen MR) is 58.5 cm³/mol. The highest BCUT2D eigenvalue weighted by molar-refractivity contribution is 6.83. The fourth-order valence-electron chi connectivity index (χ4n) is 1.10. The SMILES string of the molecule is CCC[C@@H](O)CC[Si](C)(C)CCl. The number of alkyl halides is 1. The summed E-state index contributed by atoms with van der Waals surface area (Å²) in [5.41, 5.74) is 0.811. The van der Waals surface area contributed by atoms with Crippen molar-refractivity contribution in [1.29, 1.82) is 0 Å². The molecule has 0 heterocycles. The molecule has 0 spiro atoms. The topological polar surface area (TPSA) is 20.2 Å². The fourth-order valence-corrected chi connectivity index (χ4v) is 2.75. The Kier molecular flexibility index (Phi) is 6.24. The first-order valence-corrected chi connectivity index (χ1v) is 8.70. The molecular weight excluding hydrogens is 188 g/mol. The normalized spacial score (nSPS) is 14.8. The lowest BCUT2D eigenvalue weighted by molar-refractivity contribution is 0.159. The third kappa shape index (κ3) is 6.04. The monoisotopic (exact) mass is 208 g/mol. The molecule has 74 valence electrons. The Morgan fingerprint density at radius 1 is 1.33 bits per heavy atom. The van der Waals surface area contributed by atoms with Crippen molar-refractivity contribution in [2.24, 2.45) is 0 Å². The van der Waals surface area contributed by atoms with E-state index in [0.717, 1.165) is 30.8 Å². The molecular formula is C9H21ClOSi. The first-order chi connectivity index (χ1) is 5.52. The van der Waals surface area contributed by atoms with E-state index in [1.807, 2.05) is 0 Å². The van der Waals surface area contributed by atoms with E-state index >= 15 is 0 Å². The molecule has 0 aliphatic carbocycles. The zero-order chi connectivity index (χ0) is 9.61. The minimum Gasteiger partial charge on any atom is -0.393 e. The van der Waals surface area contributed by atoms with Crippen LogP contribution in [0.15, 0.2) is 0 Å². The van der Waals surface area contributed by atoms with E-state index in [0.29, 0.717) is 0 Å². The van der Waals surface area contributed by atoms with E-state index in [2.05, 4.69) is 20.0 Å². The Balaban J connectivity index is 3.52. The number of aliphatic hydroxyl groups excluding tert-OH is 1. The smallest absolute Gasteiger partial charge is 0.0640 e. The highest BCUT2D eigenvalue weighted by Gasteiger charge is 2.20. The summed E-state index contributed by atoms with van der Waals surface area (Å²) in [5, 5.41) is 9.49. The molecule has 0 saturated carbocycles. The molecule has 0 aromatic rings. The Morgan fingerprint density at radius 2 is 1.92 bits per heavy atom. The summed E-state index contributed by atoms with van der Waals surface area (Å²) >= 11 is 5.83. The summed E-state index contributed by atoms with van der Waals surface area (Å²) < 4.78 is 0. The molecule has 0 bridgehead atoms. The molecule has 0 aromatic heterocycles. The molecule has 0 radical (unpaired) electrons. The Morgan fingerprint density at radius 3 is 2.33 bits per heavy atom. The molecule has 0 unspecified atom stereocenters. The highest BCUT2D eigenvalue weighted by atomic mass is 35.5. The van der Waals surface area contributed by atoms with Gasteiger partial charge in [-0.05, 0) is 12.8 Å². The molecule has 0 fully saturated rings. The molecule has 3 heteroatoms. The van der Waals surface area contributed by atoms with Gasteiger partial charge in [0.15, 0.2) is 0 Å². The number of halogens is 1. The van der Waals surface area contributed by atoms with Crippen molar-refractivity contribution in [2.75, 3.05) is 5.50 Å². The van der Waals surface area contributed by atoms with Crippen LogP contribution in [0.5, 0.6) is 0 Å². The largest absolute Gasteiger partial charge is 0.393 e. The minimum absolute atomic E-state index is 0.0926. The van der Waals surface area contributed by atoms with Crippen molar-refractivity contribution >= 4 is 19.7 Å². The maximum atomic E-state index is 9.49. The van der Waals surface area contributed by atoms with E-state index in [4.69, 9.17) is 11.6 Å². The maximum Gasteiger partial charge on any atom is 0.0640 e. The van der Waals surface area contributed by atoms with E-state index < -0.39 is 8.07 Å². The summed E-state index contributed by atoms with van der Waals surface area (Å²) in [7, 11) is -1.16. The second-order valence-corrected chi connectivity index (χ2v) is 10.2. The van der Waals surface area contributed by atoms with Crippen molar-refractivity contribution < 1.29 is 5.11 Å². The third-order valence-corrected chi connectivity index (χ3v) is 6.67. The highest BCUT2D eigenvalue weighted by Crippen LogP contribution is 2.16. The van der Waals surface area contributed by atoms with Gasteiger partial charge in [0.1, 0.15) is 0 Å². The van der Waals surface area contributed by atoms with E-state index in [1.54, 1.807) is 0 Å². The van der Waals surface area contributed by atoms with Crippen molar-refractivity contribution in [3.8, 4) is 0 Å². The molecule has 12 heavy (non-hydrogen) atoms. The molecule has 0 amide bonds. The quantitative estimate of drug-likeness (QED) is 0.526. The van der Waals surface area contributed by atoms with Gasteiger partial charge in [-0.1, -0.05) is 32.5 Å². The van der Waals surface area contributed by atoms with Crippen molar-refractivity contribution in [2.45, 2.75) is 51.4 Å². The number of hydrogen-bond acceptors (Lipinski definition) is 1. The van der Waals surface area contributed by atoms with Crippen molar-refractivity contribution in [1.82, 2.24) is 0 Å². The molecule has 1 nitrogen and oxygen atoms in total. The van der Waals surface area contributed by atoms with E-state index in [9.17, 15) is 5.11 Å². The van der Waals surface area contributed by atoms with Gasteiger partial charge in [-0.25, -0.2) is 0 Å². The summed E-state index contributed by atoms with van der Waals surface area (Å²) in [6.07, 6.45) is 2.86. The number of hydrogen-bond donors (Lipinski definition) is 1. The van der Waals surface area contributed by atoms with Crippen LogP contribution in [-0.2, 0) is 0 Å². The fraction of sp³-hybridized carbons (Fsp3) is 1.00. The first kappa shape index (κ1) is 12.5. The van der Waals surface area contributed by atoms with Gasteiger partial charge in [0, 0.05) is 5.50 Å². The molecule has 0 aliphatic heterocycles. The van der Waals surface area contributed by atoms with Crippen LogP contribution in [0.25, 0.3) is 0 Å². The summed E-state index contributed by atoms with van der Waals surface area (Å²) in [5.74, 6) is 0. The summed E-state index contributed by atoms with van der Waals surface area (Å²) in [6, 6.07) is 1.15. The van der Waals surface area contributed by atoms with Gasteiger partial charge in [0.05, 0.1) is 14.2 Å². The molecule has 1 atom stereocenters. The Labute approximate surface area is 82.1 Å². The zero-order valence-corrected chi connectivity index (χ0v) is 10.2. The average molecular weight is 209 g/mol. The van der Waals surface area contributed by atoms with E-state index in [-0.39, 0.29) is 6.10 Å². The average Bonchev–Trinajstić information content (AvgIpc) is 2.02. The lowest BCUT2D eigenvalue weighted by Gasteiger charge is -2.20. The molecule has 0 saturated heterocycles. The lowest BCUT2D eigenvalue weighted by atomic mass is 10.2. The van der Waals surface area contributed by atoms with Crippen LogP contribution in [0.2, 0.25) is 19.1 Å². The van der Waals surface area contributed by atoms with Crippen LogP contribution < -0.4 is 0 Å². The second kappa shape index (κ2) is 6.00. The Bertz CT molecular complexity index is 117. The van der Waals surface area contributed by atoms with Crippen molar-refractivity contribution in [3.05, 3.63) is 0 Å². The first-order valence-electron chi connectivity index (χ1n) is 4.76. The third-order valence-electron chi connectivity index (χ3n) is 2.14.